The van der Waals surface area contributed by atoms with Gasteiger partial charge in [-0.15, -0.1) is 0 Å². The van der Waals surface area contributed by atoms with Gasteiger partial charge in [0.05, 0.1) is 12.0 Å². The van der Waals surface area contributed by atoms with Crippen molar-refractivity contribution in [2.75, 3.05) is 13.7 Å². The number of sulfone groups is 1. The van der Waals surface area contributed by atoms with E-state index < -0.39 is 15.1 Å². The van der Waals surface area contributed by atoms with Gasteiger partial charge in [0.2, 0.25) is 5.91 Å². The SMILES string of the molecule is CCCCC(=O)NCC(c1ccccc1)S(=O)(=O)c1ccc(OC)cc1. The van der Waals surface area contributed by atoms with Gasteiger partial charge >= 0.3 is 0 Å². The maximum atomic E-state index is 13.2. The largest absolute Gasteiger partial charge is 0.497 e. The fraction of sp³-hybridized carbons (Fsp3) is 0.350. The average molecular weight is 375 g/mol. The summed E-state index contributed by atoms with van der Waals surface area (Å²) in [5, 5.41) is 1.93. The first kappa shape index (κ1) is 20.0. The second kappa shape index (κ2) is 9.38. The third-order valence-corrected chi connectivity index (χ3v) is 6.29. The highest BCUT2D eigenvalue weighted by molar-refractivity contribution is 7.91. The van der Waals surface area contributed by atoms with Gasteiger partial charge in [-0.2, -0.15) is 0 Å². The molecule has 1 amide bonds. The van der Waals surface area contributed by atoms with E-state index in [0.717, 1.165) is 12.8 Å². The minimum atomic E-state index is -3.67. The van der Waals surface area contributed by atoms with E-state index in [0.29, 0.717) is 17.7 Å². The standard InChI is InChI=1S/C20H25NO4S/c1-3-4-10-20(22)21-15-19(16-8-6-5-7-9-16)26(23,24)18-13-11-17(25-2)12-14-18/h5-9,11-14,19H,3-4,10,15H2,1-2H3,(H,21,22). The van der Waals surface area contributed by atoms with Crippen molar-refractivity contribution in [1.29, 1.82) is 0 Å². The van der Waals surface area contributed by atoms with E-state index in [9.17, 15) is 13.2 Å². The molecule has 0 bridgehead atoms. The molecule has 1 unspecified atom stereocenters. The molecule has 0 aromatic heterocycles. The van der Waals surface area contributed by atoms with Crippen LogP contribution in [0.1, 0.15) is 37.0 Å². The number of hydrogen-bond donors (Lipinski definition) is 1. The van der Waals surface area contributed by atoms with Gasteiger partial charge in [-0.25, -0.2) is 8.42 Å². The van der Waals surface area contributed by atoms with Crippen molar-refractivity contribution in [2.45, 2.75) is 36.3 Å². The van der Waals surface area contributed by atoms with Crippen LogP contribution in [-0.4, -0.2) is 28.0 Å². The van der Waals surface area contributed by atoms with Crippen LogP contribution in [0.3, 0.4) is 0 Å². The van der Waals surface area contributed by atoms with Crippen LogP contribution in [0.5, 0.6) is 5.75 Å². The van der Waals surface area contributed by atoms with Gasteiger partial charge in [-0.1, -0.05) is 43.7 Å². The van der Waals surface area contributed by atoms with Crippen LogP contribution in [-0.2, 0) is 14.6 Å². The van der Waals surface area contributed by atoms with Crippen LogP contribution >= 0.6 is 0 Å². The highest BCUT2D eigenvalue weighted by Gasteiger charge is 2.29. The summed E-state index contributed by atoms with van der Waals surface area (Å²) in [7, 11) is -2.14. The molecule has 0 saturated heterocycles. The van der Waals surface area contributed by atoms with E-state index in [2.05, 4.69) is 5.32 Å². The fourth-order valence-electron chi connectivity index (χ4n) is 2.64. The Balaban J connectivity index is 2.28. The Bertz CT molecular complexity index is 801. The lowest BCUT2D eigenvalue weighted by Gasteiger charge is -2.19. The summed E-state index contributed by atoms with van der Waals surface area (Å²) >= 11 is 0. The van der Waals surface area contributed by atoms with Crippen molar-refractivity contribution < 1.29 is 17.9 Å². The first-order valence-corrected chi connectivity index (χ1v) is 10.2. The first-order chi connectivity index (χ1) is 12.5. The molecular weight excluding hydrogens is 350 g/mol. The molecule has 140 valence electrons. The Morgan fingerprint density at radius 2 is 1.73 bits per heavy atom. The molecule has 26 heavy (non-hydrogen) atoms. The lowest BCUT2D eigenvalue weighted by atomic mass is 10.1. The van der Waals surface area contributed by atoms with Gasteiger partial charge in [-0.3, -0.25) is 4.79 Å². The van der Waals surface area contributed by atoms with E-state index in [1.54, 1.807) is 36.4 Å². The number of ether oxygens (including phenoxy) is 1. The smallest absolute Gasteiger partial charge is 0.220 e. The molecule has 0 aliphatic heterocycles. The van der Waals surface area contributed by atoms with Crippen LogP contribution in [0.2, 0.25) is 0 Å². The topological polar surface area (TPSA) is 72.5 Å². The van der Waals surface area contributed by atoms with Crippen molar-refractivity contribution in [3.05, 3.63) is 60.2 Å². The van der Waals surface area contributed by atoms with Crippen LogP contribution < -0.4 is 10.1 Å². The number of nitrogens with one attached hydrogen (secondary N) is 1. The minimum absolute atomic E-state index is 0.0426. The molecule has 0 aliphatic carbocycles. The molecule has 1 N–H and O–H groups in total. The molecule has 0 spiro atoms. The second-order valence-corrected chi connectivity index (χ2v) is 8.16. The first-order valence-electron chi connectivity index (χ1n) is 8.68. The third kappa shape index (κ3) is 5.08. The Labute approximate surface area is 155 Å². The monoisotopic (exact) mass is 375 g/mol. The van der Waals surface area contributed by atoms with Crippen molar-refractivity contribution in [2.24, 2.45) is 0 Å². The normalized spacial score (nSPS) is 12.4. The van der Waals surface area contributed by atoms with E-state index in [-0.39, 0.29) is 17.3 Å². The number of amides is 1. The number of carbonyl (C=O) groups is 1. The summed E-state index contributed by atoms with van der Waals surface area (Å²) in [5.41, 5.74) is 0.652. The molecule has 1 atom stereocenters. The predicted molar refractivity (Wildman–Crippen MR) is 102 cm³/mol. The van der Waals surface area contributed by atoms with Crippen LogP contribution in [0, 0.1) is 0 Å². The summed E-state index contributed by atoms with van der Waals surface area (Å²) in [4.78, 5) is 12.2. The quantitative estimate of drug-likeness (QED) is 0.728. The molecular formula is C20H25NO4S. The van der Waals surface area contributed by atoms with E-state index >= 15 is 0 Å². The summed E-state index contributed by atoms with van der Waals surface area (Å²) in [6.07, 6.45) is 2.10. The second-order valence-electron chi connectivity index (χ2n) is 6.03. The van der Waals surface area contributed by atoms with Gasteiger partial charge in [0.15, 0.2) is 9.84 Å². The van der Waals surface area contributed by atoms with Gasteiger partial charge in [0, 0.05) is 13.0 Å². The molecule has 0 fully saturated rings. The lowest BCUT2D eigenvalue weighted by molar-refractivity contribution is -0.121. The Kier molecular flexibility index (Phi) is 7.21. The lowest BCUT2D eigenvalue weighted by Crippen LogP contribution is -2.31. The highest BCUT2D eigenvalue weighted by atomic mass is 32.2. The number of unbranched alkanes of at least 4 members (excludes halogenated alkanes) is 1. The molecule has 2 aromatic rings. The number of rotatable bonds is 9. The fourth-order valence-corrected chi connectivity index (χ4v) is 4.30. The number of benzene rings is 2. The average Bonchev–Trinajstić information content (AvgIpc) is 2.67. The van der Waals surface area contributed by atoms with Crippen LogP contribution in [0.4, 0.5) is 0 Å². The zero-order valence-electron chi connectivity index (χ0n) is 15.1. The number of carbonyl (C=O) groups excluding carboxylic acids is 1. The Morgan fingerprint density at radius 1 is 1.08 bits per heavy atom. The molecule has 2 rings (SSSR count). The maximum absolute atomic E-state index is 13.2. The van der Waals surface area contributed by atoms with Crippen molar-refractivity contribution >= 4 is 15.7 Å². The minimum Gasteiger partial charge on any atom is -0.497 e. The Hall–Kier alpha value is -2.34. The molecule has 0 heterocycles. The van der Waals surface area contributed by atoms with Crippen molar-refractivity contribution in [1.82, 2.24) is 5.32 Å². The van der Waals surface area contributed by atoms with Gasteiger partial charge in [-0.05, 0) is 36.2 Å². The molecule has 6 heteroatoms. The van der Waals surface area contributed by atoms with Crippen LogP contribution in [0.15, 0.2) is 59.5 Å². The predicted octanol–water partition coefficient (Wildman–Crippen LogP) is 3.52. The maximum Gasteiger partial charge on any atom is 0.220 e. The molecule has 5 nitrogen and oxygen atoms in total. The van der Waals surface area contributed by atoms with Gasteiger partial charge < -0.3 is 10.1 Å². The molecule has 0 saturated carbocycles. The zero-order chi connectivity index (χ0) is 19.0. The summed E-state index contributed by atoms with van der Waals surface area (Å²) < 4.78 is 31.4. The van der Waals surface area contributed by atoms with Crippen molar-refractivity contribution in [3.8, 4) is 5.75 Å². The molecule has 0 aliphatic rings. The summed E-state index contributed by atoms with van der Waals surface area (Å²) in [6.45, 7) is 2.05. The van der Waals surface area contributed by atoms with Crippen LogP contribution in [0.25, 0.3) is 0 Å². The van der Waals surface area contributed by atoms with Gasteiger partial charge in [0.1, 0.15) is 11.0 Å². The van der Waals surface area contributed by atoms with E-state index in [1.807, 2.05) is 13.0 Å². The summed E-state index contributed by atoms with van der Waals surface area (Å²) in [6, 6.07) is 15.3. The molecule has 2 aromatic carbocycles. The third-order valence-electron chi connectivity index (χ3n) is 4.18. The summed E-state index contributed by atoms with van der Waals surface area (Å²) in [5.74, 6) is 0.464. The number of hydrogen-bond acceptors (Lipinski definition) is 4. The highest BCUT2D eigenvalue weighted by Crippen LogP contribution is 2.29. The Morgan fingerprint density at radius 3 is 2.31 bits per heavy atom. The van der Waals surface area contributed by atoms with E-state index in [1.165, 1.54) is 19.2 Å². The van der Waals surface area contributed by atoms with E-state index in [4.69, 9.17) is 4.74 Å². The van der Waals surface area contributed by atoms with Crippen molar-refractivity contribution in [3.63, 3.8) is 0 Å². The molecule has 0 radical (unpaired) electrons. The number of methoxy groups -OCH3 is 1. The van der Waals surface area contributed by atoms with Gasteiger partial charge in [0.25, 0.3) is 0 Å². The zero-order valence-corrected chi connectivity index (χ0v) is 16.0.